The summed E-state index contributed by atoms with van der Waals surface area (Å²) in [6.07, 6.45) is 0. The third-order valence-corrected chi connectivity index (χ3v) is 1.81. The maximum Gasteiger partial charge on any atom is 0.345 e. The van der Waals surface area contributed by atoms with Crippen LogP contribution in [0.1, 0.15) is 10.4 Å². The third kappa shape index (κ3) is 2.09. The van der Waals surface area contributed by atoms with Crippen LogP contribution in [0.4, 0.5) is 5.82 Å². The van der Waals surface area contributed by atoms with E-state index < -0.39 is 5.97 Å². The van der Waals surface area contributed by atoms with Crippen molar-refractivity contribution < 1.29 is 19.0 Å². The Balaban J connectivity index is 3.30. The Morgan fingerprint density at radius 1 is 1.33 bits per heavy atom. The van der Waals surface area contributed by atoms with Gasteiger partial charge in [-0.3, -0.25) is 0 Å². The number of nitrogens with two attached hydrogens (primary N) is 1. The summed E-state index contributed by atoms with van der Waals surface area (Å²) < 4.78 is 14.4. The van der Waals surface area contributed by atoms with Gasteiger partial charge in [-0.15, -0.1) is 0 Å². The van der Waals surface area contributed by atoms with Gasteiger partial charge in [-0.2, -0.15) is 4.98 Å². The van der Waals surface area contributed by atoms with Crippen molar-refractivity contribution in [1.29, 1.82) is 0 Å². The summed E-state index contributed by atoms with van der Waals surface area (Å²) in [6, 6.07) is 1.46. The maximum atomic E-state index is 11.4. The average Bonchev–Trinajstić information content (AvgIpc) is 2.26. The predicted octanol–water partition coefficient (Wildman–Crippen LogP) is 0.468. The standard InChI is InChI=1S/C9H12N2O4/c1-13-5-4-6(14-2)11-8(10)7(5)9(12)15-3/h4H,1-3H3,(H2,10,11). The molecule has 6 nitrogen and oxygen atoms in total. The lowest BCUT2D eigenvalue weighted by molar-refractivity contribution is 0.0598. The summed E-state index contributed by atoms with van der Waals surface area (Å²) in [6.45, 7) is 0. The number of pyridine rings is 1. The molecule has 0 aliphatic carbocycles. The second-order valence-electron chi connectivity index (χ2n) is 2.62. The fraction of sp³-hybridized carbons (Fsp3) is 0.333. The van der Waals surface area contributed by atoms with E-state index in [9.17, 15) is 4.79 Å². The van der Waals surface area contributed by atoms with E-state index in [1.165, 1.54) is 27.4 Å². The molecule has 0 bridgehead atoms. The largest absolute Gasteiger partial charge is 0.495 e. The van der Waals surface area contributed by atoms with Crippen LogP contribution in [0.5, 0.6) is 11.6 Å². The Morgan fingerprint density at radius 3 is 2.47 bits per heavy atom. The fourth-order valence-corrected chi connectivity index (χ4v) is 1.09. The normalized spacial score (nSPS) is 9.53. The molecule has 0 saturated heterocycles. The smallest absolute Gasteiger partial charge is 0.345 e. The minimum Gasteiger partial charge on any atom is -0.495 e. The van der Waals surface area contributed by atoms with Crippen LogP contribution in [0.2, 0.25) is 0 Å². The van der Waals surface area contributed by atoms with Gasteiger partial charge in [0.05, 0.1) is 21.3 Å². The molecule has 0 radical (unpaired) electrons. The second-order valence-corrected chi connectivity index (χ2v) is 2.62. The van der Waals surface area contributed by atoms with E-state index >= 15 is 0 Å². The number of nitrogens with zero attached hydrogens (tertiary/aromatic N) is 1. The molecule has 1 aromatic rings. The Morgan fingerprint density at radius 2 is 2.00 bits per heavy atom. The minimum absolute atomic E-state index is 0.0121. The van der Waals surface area contributed by atoms with Gasteiger partial charge in [-0.1, -0.05) is 0 Å². The summed E-state index contributed by atoms with van der Waals surface area (Å²) in [5.74, 6) is -0.0410. The van der Waals surface area contributed by atoms with E-state index in [0.29, 0.717) is 0 Å². The number of ether oxygens (including phenoxy) is 3. The topological polar surface area (TPSA) is 83.7 Å². The first-order valence-corrected chi connectivity index (χ1v) is 4.10. The number of hydrogen-bond acceptors (Lipinski definition) is 6. The average molecular weight is 212 g/mol. The Bertz CT molecular complexity index is 379. The molecule has 82 valence electrons. The van der Waals surface area contributed by atoms with Crippen molar-refractivity contribution in [3.05, 3.63) is 11.6 Å². The molecule has 0 aliphatic heterocycles. The summed E-state index contributed by atoms with van der Waals surface area (Å²) in [5, 5.41) is 0. The summed E-state index contributed by atoms with van der Waals surface area (Å²) in [5.41, 5.74) is 5.68. The summed E-state index contributed by atoms with van der Waals surface area (Å²) in [4.78, 5) is 15.2. The van der Waals surface area contributed by atoms with Gasteiger partial charge in [0.2, 0.25) is 5.88 Å². The first kappa shape index (κ1) is 11.1. The highest BCUT2D eigenvalue weighted by Gasteiger charge is 2.19. The fourth-order valence-electron chi connectivity index (χ4n) is 1.09. The molecule has 0 amide bonds. The number of nitrogen functional groups attached to an aromatic ring is 1. The number of hydrogen-bond donors (Lipinski definition) is 1. The highest BCUT2D eigenvalue weighted by atomic mass is 16.5. The van der Waals surface area contributed by atoms with Crippen molar-refractivity contribution in [2.75, 3.05) is 27.1 Å². The number of esters is 1. The first-order valence-electron chi connectivity index (χ1n) is 4.10. The van der Waals surface area contributed by atoms with Gasteiger partial charge in [0.25, 0.3) is 0 Å². The zero-order valence-electron chi connectivity index (χ0n) is 8.73. The van der Waals surface area contributed by atoms with Crippen LogP contribution in [-0.4, -0.2) is 32.3 Å². The maximum absolute atomic E-state index is 11.4. The van der Waals surface area contributed by atoms with Crippen molar-refractivity contribution in [2.24, 2.45) is 0 Å². The number of carbonyl (C=O) groups is 1. The molecule has 0 saturated carbocycles. The molecule has 2 N–H and O–H groups in total. The van der Waals surface area contributed by atoms with Crippen molar-refractivity contribution in [1.82, 2.24) is 4.98 Å². The van der Waals surface area contributed by atoms with Gasteiger partial charge in [0.15, 0.2) is 0 Å². The van der Waals surface area contributed by atoms with Crippen LogP contribution in [0, 0.1) is 0 Å². The second kappa shape index (κ2) is 4.50. The number of methoxy groups -OCH3 is 3. The van der Waals surface area contributed by atoms with Gasteiger partial charge in [-0.25, -0.2) is 4.79 Å². The lowest BCUT2D eigenvalue weighted by Crippen LogP contribution is -2.10. The highest BCUT2D eigenvalue weighted by molar-refractivity contribution is 5.97. The monoisotopic (exact) mass is 212 g/mol. The molecule has 15 heavy (non-hydrogen) atoms. The van der Waals surface area contributed by atoms with Crippen LogP contribution in [0.25, 0.3) is 0 Å². The van der Waals surface area contributed by atoms with Gasteiger partial charge >= 0.3 is 5.97 Å². The Kier molecular flexibility index (Phi) is 3.33. The lowest BCUT2D eigenvalue weighted by Gasteiger charge is -2.10. The number of rotatable bonds is 3. The van der Waals surface area contributed by atoms with Crippen LogP contribution >= 0.6 is 0 Å². The van der Waals surface area contributed by atoms with Crippen LogP contribution < -0.4 is 15.2 Å². The van der Waals surface area contributed by atoms with Crippen LogP contribution in [0.15, 0.2) is 6.07 Å². The van der Waals surface area contributed by atoms with E-state index in [2.05, 4.69) is 9.72 Å². The quantitative estimate of drug-likeness (QED) is 0.733. The number of aromatic nitrogens is 1. The molecule has 0 atom stereocenters. The lowest BCUT2D eigenvalue weighted by atomic mass is 10.2. The van der Waals surface area contributed by atoms with Crippen molar-refractivity contribution in [3.63, 3.8) is 0 Å². The van der Waals surface area contributed by atoms with Crippen LogP contribution in [-0.2, 0) is 4.74 Å². The summed E-state index contributed by atoms with van der Waals surface area (Å²) >= 11 is 0. The van der Waals surface area contributed by atoms with Gasteiger partial charge in [0, 0.05) is 6.07 Å². The molecular weight excluding hydrogens is 200 g/mol. The zero-order valence-corrected chi connectivity index (χ0v) is 8.73. The first-order chi connectivity index (χ1) is 7.13. The molecule has 0 aliphatic rings. The van der Waals surface area contributed by atoms with Gasteiger partial charge < -0.3 is 19.9 Å². The van der Waals surface area contributed by atoms with Gasteiger partial charge in [-0.05, 0) is 0 Å². The van der Waals surface area contributed by atoms with Crippen molar-refractivity contribution in [2.45, 2.75) is 0 Å². The number of carbonyl (C=O) groups excluding carboxylic acids is 1. The zero-order chi connectivity index (χ0) is 11.4. The highest BCUT2D eigenvalue weighted by Crippen LogP contribution is 2.27. The predicted molar refractivity (Wildman–Crippen MR) is 53.1 cm³/mol. The molecule has 1 heterocycles. The molecule has 6 heteroatoms. The molecule has 0 aromatic carbocycles. The Hall–Kier alpha value is -1.98. The van der Waals surface area contributed by atoms with Gasteiger partial charge in [0.1, 0.15) is 17.1 Å². The van der Waals surface area contributed by atoms with E-state index in [-0.39, 0.29) is 23.0 Å². The van der Waals surface area contributed by atoms with Crippen molar-refractivity contribution in [3.8, 4) is 11.6 Å². The molecule has 1 aromatic heterocycles. The van der Waals surface area contributed by atoms with Crippen LogP contribution in [0.3, 0.4) is 0 Å². The SMILES string of the molecule is COC(=O)c1c(OC)cc(OC)nc1N. The summed E-state index contributed by atoms with van der Waals surface area (Å²) in [7, 11) is 4.12. The molecule has 0 unspecified atom stereocenters. The molecule has 1 rings (SSSR count). The minimum atomic E-state index is -0.598. The molecule has 0 fully saturated rings. The molecule has 0 spiro atoms. The van der Waals surface area contributed by atoms with Crippen molar-refractivity contribution >= 4 is 11.8 Å². The Labute approximate surface area is 87.0 Å². The van der Waals surface area contributed by atoms with E-state index in [1.807, 2.05) is 0 Å². The van der Waals surface area contributed by atoms with E-state index in [1.54, 1.807) is 0 Å². The van der Waals surface area contributed by atoms with E-state index in [0.717, 1.165) is 0 Å². The van der Waals surface area contributed by atoms with E-state index in [4.69, 9.17) is 15.2 Å². The molecular formula is C9H12N2O4. The number of anilines is 1. The third-order valence-electron chi connectivity index (χ3n) is 1.81.